The van der Waals surface area contributed by atoms with Crippen molar-refractivity contribution in [1.29, 1.82) is 0 Å². The van der Waals surface area contributed by atoms with Gasteiger partial charge in [0.2, 0.25) is 0 Å². The van der Waals surface area contributed by atoms with Crippen LogP contribution in [-0.4, -0.2) is 22.4 Å². The summed E-state index contributed by atoms with van der Waals surface area (Å²) in [5.74, 6) is -0.0517. The van der Waals surface area contributed by atoms with Gasteiger partial charge in [0.15, 0.2) is 0 Å². The molecule has 0 amide bonds. The van der Waals surface area contributed by atoms with Crippen molar-refractivity contribution in [2.24, 2.45) is 0 Å². The lowest BCUT2D eigenvalue weighted by Crippen LogP contribution is -2.33. The minimum absolute atomic E-state index is 0.243. The smallest absolute Gasteiger partial charge is 0.126 e. The Balaban J connectivity index is 1.97. The molecule has 0 aliphatic heterocycles. The topological polar surface area (TPSA) is 57.2 Å². The van der Waals surface area contributed by atoms with E-state index in [-0.39, 0.29) is 6.42 Å². The maximum absolute atomic E-state index is 13.8. The summed E-state index contributed by atoms with van der Waals surface area (Å²) in [6, 6.07) is 14.3. The summed E-state index contributed by atoms with van der Waals surface area (Å²) in [4.78, 5) is 4.56. The number of hydrogen-bond donors (Lipinski definition) is 1. The highest BCUT2D eigenvalue weighted by molar-refractivity contribution is 7.89. The van der Waals surface area contributed by atoms with Crippen molar-refractivity contribution in [3.05, 3.63) is 83.7 Å². The molecule has 2 aromatic carbocycles. The molecule has 7 heteroatoms. The zero-order valence-electron chi connectivity index (χ0n) is 17.6. The molecule has 1 aromatic heterocycles. The van der Waals surface area contributed by atoms with Gasteiger partial charge in [-0.1, -0.05) is 31.5 Å². The second-order valence-electron chi connectivity index (χ2n) is 7.22. The molecule has 2 atom stereocenters. The fourth-order valence-electron chi connectivity index (χ4n) is 3.36. The number of ether oxygens (including phenoxy) is 1. The number of hydrogen-bond acceptors (Lipinski definition) is 4. The van der Waals surface area contributed by atoms with E-state index in [1.165, 1.54) is 12.1 Å². The first-order valence-corrected chi connectivity index (χ1v) is 11.5. The summed E-state index contributed by atoms with van der Waals surface area (Å²) < 4.78 is 48.6. The predicted molar refractivity (Wildman–Crippen MR) is 120 cm³/mol. The van der Waals surface area contributed by atoms with Crippen LogP contribution in [0.4, 0.5) is 8.78 Å². The van der Waals surface area contributed by atoms with Gasteiger partial charge >= 0.3 is 0 Å². The maximum atomic E-state index is 13.8. The van der Waals surface area contributed by atoms with Crippen LogP contribution in [0.1, 0.15) is 37.1 Å². The Hall–Kier alpha value is -2.48. The normalized spacial score (nSPS) is 13.1. The third kappa shape index (κ3) is 6.50. The molecular formula is C24H26F2N2O2S. The molecule has 3 rings (SSSR count). The molecule has 0 radical (unpaired) electrons. The van der Waals surface area contributed by atoms with Crippen molar-refractivity contribution in [1.82, 2.24) is 9.71 Å². The van der Waals surface area contributed by atoms with Crippen molar-refractivity contribution < 1.29 is 18.1 Å². The second-order valence-corrected chi connectivity index (χ2v) is 8.56. The summed E-state index contributed by atoms with van der Waals surface area (Å²) in [5.41, 5.74) is 2.91. The highest BCUT2D eigenvalue weighted by Crippen LogP contribution is 2.30. The Labute approximate surface area is 185 Å². The predicted octanol–water partition coefficient (Wildman–Crippen LogP) is 5.37. The summed E-state index contributed by atoms with van der Waals surface area (Å²) >= 11 is -1.30. The molecule has 0 saturated carbocycles. The second kappa shape index (κ2) is 11.2. The van der Waals surface area contributed by atoms with E-state index < -0.39 is 29.0 Å². The van der Waals surface area contributed by atoms with Crippen LogP contribution in [0.5, 0.6) is 5.75 Å². The van der Waals surface area contributed by atoms with Crippen LogP contribution in [0, 0.1) is 11.6 Å². The van der Waals surface area contributed by atoms with Crippen LogP contribution in [0.25, 0.3) is 11.1 Å². The maximum Gasteiger partial charge on any atom is 0.126 e. The van der Waals surface area contributed by atoms with Gasteiger partial charge in [-0.3, -0.25) is 4.98 Å². The van der Waals surface area contributed by atoms with E-state index in [0.717, 1.165) is 35.8 Å². The molecule has 0 aliphatic carbocycles. The molecule has 164 valence electrons. The number of unbranched alkanes of at least 4 members (excludes halogenated alkanes) is 1. The summed E-state index contributed by atoms with van der Waals surface area (Å²) in [6.45, 7) is 2.03. The van der Waals surface area contributed by atoms with Crippen molar-refractivity contribution in [3.63, 3.8) is 0 Å². The van der Waals surface area contributed by atoms with E-state index in [1.54, 1.807) is 13.3 Å². The van der Waals surface area contributed by atoms with Gasteiger partial charge in [0.1, 0.15) is 23.1 Å². The van der Waals surface area contributed by atoms with Gasteiger partial charge in [-0.15, -0.1) is 4.72 Å². The van der Waals surface area contributed by atoms with Crippen molar-refractivity contribution in [2.75, 3.05) is 12.9 Å². The molecule has 0 spiro atoms. The Morgan fingerprint density at radius 2 is 1.81 bits per heavy atom. The SMILES string of the molecule is CCCC[S+]([O-])N[C@H](Cc1cc(F)cc(F)c1)c1ncccc1-c1ccc(OC)cc1. The number of benzene rings is 2. The standard InChI is InChI=1S/C24H26F2N2O2S/c1-3-4-12-31(29)28-23(15-17-13-19(25)16-20(26)14-17)24-22(6-5-11-27-24)18-7-9-21(30-2)10-8-18/h5-11,13-14,16,23,28H,3-4,12,15H2,1-2H3/t23-,31?/m1/s1. The van der Waals surface area contributed by atoms with Crippen LogP contribution in [0.2, 0.25) is 0 Å². The van der Waals surface area contributed by atoms with Crippen LogP contribution < -0.4 is 9.46 Å². The Morgan fingerprint density at radius 3 is 2.45 bits per heavy atom. The number of halogens is 2. The zero-order valence-corrected chi connectivity index (χ0v) is 18.4. The van der Waals surface area contributed by atoms with Gasteiger partial charge in [0.25, 0.3) is 0 Å². The molecule has 31 heavy (non-hydrogen) atoms. The van der Waals surface area contributed by atoms with E-state index >= 15 is 0 Å². The monoisotopic (exact) mass is 444 g/mol. The molecule has 1 heterocycles. The molecule has 0 aliphatic rings. The number of nitrogens with zero attached hydrogens (tertiary/aromatic N) is 1. The van der Waals surface area contributed by atoms with Crippen LogP contribution in [-0.2, 0) is 17.8 Å². The third-order valence-corrected chi connectivity index (χ3v) is 6.10. The van der Waals surface area contributed by atoms with Gasteiger partial charge in [-0.25, -0.2) is 8.78 Å². The van der Waals surface area contributed by atoms with Crippen LogP contribution >= 0.6 is 0 Å². The van der Waals surface area contributed by atoms with Crippen LogP contribution in [0.15, 0.2) is 60.8 Å². The van der Waals surface area contributed by atoms with Gasteiger partial charge in [-0.2, -0.15) is 0 Å². The van der Waals surface area contributed by atoms with E-state index in [0.29, 0.717) is 17.0 Å². The first-order valence-electron chi connectivity index (χ1n) is 10.2. The molecule has 1 N–H and O–H groups in total. The van der Waals surface area contributed by atoms with Crippen molar-refractivity contribution in [2.45, 2.75) is 32.2 Å². The average molecular weight is 445 g/mol. The molecule has 0 fully saturated rings. The summed E-state index contributed by atoms with van der Waals surface area (Å²) in [7, 11) is 1.61. The number of nitrogens with one attached hydrogen (secondary N) is 1. The average Bonchev–Trinajstić information content (AvgIpc) is 2.76. The summed E-state index contributed by atoms with van der Waals surface area (Å²) in [5, 5.41) is 0. The van der Waals surface area contributed by atoms with Crippen molar-refractivity contribution in [3.8, 4) is 16.9 Å². The molecule has 0 bridgehead atoms. The fourth-order valence-corrected chi connectivity index (χ4v) is 4.54. The minimum Gasteiger partial charge on any atom is -0.598 e. The molecule has 0 saturated heterocycles. The fraction of sp³-hybridized carbons (Fsp3) is 0.292. The first-order chi connectivity index (χ1) is 15.0. The third-order valence-electron chi connectivity index (χ3n) is 4.89. The number of rotatable bonds is 10. The Kier molecular flexibility index (Phi) is 8.40. The van der Waals surface area contributed by atoms with Gasteiger partial charge < -0.3 is 9.29 Å². The van der Waals surface area contributed by atoms with Crippen LogP contribution in [0.3, 0.4) is 0 Å². The molecule has 1 unspecified atom stereocenters. The lowest BCUT2D eigenvalue weighted by atomic mass is 9.96. The van der Waals surface area contributed by atoms with E-state index in [1.807, 2.05) is 43.3 Å². The number of aromatic nitrogens is 1. The summed E-state index contributed by atoms with van der Waals surface area (Å²) in [6.07, 6.45) is 3.65. The Morgan fingerprint density at radius 1 is 1.10 bits per heavy atom. The highest BCUT2D eigenvalue weighted by atomic mass is 32.2. The van der Waals surface area contributed by atoms with E-state index in [2.05, 4.69) is 9.71 Å². The number of methoxy groups -OCH3 is 1. The van der Waals surface area contributed by atoms with E-state index in [9.17, 15) is 13.3 Å². The number of pyridine rings is 1. The minimum atomic E-state index is -1.30. The Bertz CT molecular complexity index is 965. The lowest BCUT2D eigenvalue weighted by molar-refractivity contribution is 0.415. The van der Waals surface area contributed by atoms with Gasteiger partial charge in [0, 0.05) is 29.2 Å². The molecule has 4 nitrogen and oxygen atoms in total. The largest absolute Gasteiger partial charge is 0.598 e. The highest BCUT2D eigenvalue weighted by Gasteiger charge is 2.24. The lowest BCUT2D eigenvalue weighted by Gasteiger charge is -2.22. The zero-order chi connectivity index (χ0) is 22.2. The molecule has 3 aromatic rings. The van der Waals surface area contributed by atoms with Gasteiger partial charge in [0.05, 0.1) is 18.8 Å². The quantitative estimate of drug-likeness (QED) is 0.427. The first kappa shape index (κ1) is 23.2. The van der Waals surface area contributed by atoms with Crippen molar-refractivity contribution >= 4 is 11.4 Å². The van der Waals surface area contributed by atoms with Gasteiger partial charge in [-0.05, 0) is 54.3 Å². The van der Waals surface area contributed by atoms with E-state index in [4.69, 9.17) is 4.74 Å². The molecular weight excluding hydrogens is 418 g/mol.